The molecule has 5 nitrogen and oxygen atoms in total. The van der Waals surface area contributed by atoms with Gasteiger partial charge in [-0.25, -0.2) is 9.18 Å². The molecule has 1 rings (SSSR count). The van der Waals surface area contributed by atoms with Crippen LogP contribution in [0.15, 0.2) is 18.2 Å². The third-order valence-corrected chi connectivity index (χ3v) is 3.64. The van der Waals surface area contributed by atoms with Crippen molar-refractivity contribution < 1.29 is 19.1 Å². The Morgan fingerprint density at radius 3 is 2.76 bits per heavy atom. The average molecular weight is 310 g/mol. The third-order valence-electron chi connectivity index (χ3n) is 2.58. The van der Waals surface area contributed by atoms with E-state index in [9.17, 15) is 14.0 Å². The Kier molecular flexibility index (Phi) is 6.69. The molecule has 1 atom stereocenters. The monoisotopic (exact) mass is 310 g/mol. The van der Waals surface area contributed by atoms with Gasteiger partial charge in [-0.1, -0.05) is 0 Å². The van der Waals surface area contributed by atoms with E-state index in [-0.39, 0.29) is 12.0 Å². The standard InChI is InChI=1S/C14H15FN2O3S/c1-9(18)17-13(14(19)20)2-3-21-8-11-4-10(7-16)5-12(15)6-11/h4-6,13H,2-3,8H2,1H3,(H,17,18)(H,19,20). The molecule has 2 N–H and O–H groups in total. The van der Waals surface area contributed by atoms with Crippen LogP contribution in [-0.4, -0.2) is 28.8 Å². The van der Waals surface area contributed by atoms with Crippen LogP contribution in [0.5, 0.6) is 0 Å². The number of carboxylic acids is 1. The number of halogens is 1. The molecule has 0 saturated carbocycles. The Bertz CT molecular complexity index is 572. The Hall–Kier alpha value is -2.07. The Morgan fingerprint density at radius 1 is 1.48 bits per heavy atom. The minimum atomic E-state index is -1.08. The highest BCUT2D eigenvalue weighted by atomic mass is 32.2. The van der Waals surface area contributed by atoms with Crippen LogP contribution in [0, 0.1) is 17.1 Å². The zero-order chi connectivity index (χ0) is 15.8. The van der Waals surface area contributed by atoms with Crippen molar-refractivity contribution in [3.63, 3.8) is 0 Å². The molecule has 0 saturated heterocycles. The molecule has 0 aromatic heterocycles. The number of benzene rings is 1. The van der Waals surface area contributed by atoms with Crippen molar-refractivity contribution in [1.82, 2.24) is 5.32 Å². The highest BCUT2D eigenvalue weighted by molar-refractivity contribution is 7.98. The van der Waals surface area contributed by atoms with Crippen LogP contribution in [0.25, 0.3) is 0 Å². The summed E-state index contributed by atoms with van der Waals surface area (Å²) in [6.45, 7) is 1.26. The molecule has 0 spiro atoms. The molecule has 0 aliphatic rings. The van der Waals surface area contributed by atoms with E-state index in [2.05, 4.69) is 5.32 Å². The molecule has 0 aliphatic carbocycles. The second-order valence-electron chi connectivity index (χ2n) is 4.39. The molecule has 1 aromatic carbocycles. The Labute approximate surface area is 126 Å². The van der Waals surface area contributed by atoms with Gasteiger partial charge in [0, 0.05) is 12.7 Å². The molecule has 7 heteroatoms. The lowest BCUT2D eigenvalue weighted by Crippen LogP contribution is -2.39. The third kappa shape index (κ3) is 6.27. The second kappa shape index (κ2) is 8.27. The number of amides is 1. The van der Waals surface area contributed by atoms with Crippen LogP contribution >= 0.6 is 11.8 Å². The lowest BCUT2D eigenvalue weighted by molar-refractivity contribution is -0.141. The van der Waals surface area contributed by atoms with Gasteiger partial charge in [-0.05, 0) is 35.9 Å². The van der Waals surface area contributed by atoms with E-state index in [4.69, 9.17) is 10.4 Å². The first-order chi connectivity index (χ1) is 9.92. The number of carbonyl (C=O) groups excluding carboxylic acids is 1. The summed E-state index contributed by atoms with van der Waals surface area (Å²) >= 11 is 1.42. The highest BCUT2D eigenvalue weighted by Gasteiger charge is 2.17. The summed E-state index contributed by atoms with van der Waals surface area (Å²) in [5.41, 5.74) is 0.926. The van der Waals surface area contributed by atoms with E-state index in [1.54, 1.807) is 6.07 Å². The largest absolute Gasteiger partial charge is 0.480 e. The summed E-state index contributed by atoms with van der Waals surface area (Å²) in [7, 11) is 0. The zero-order valence-corrected chi connectivity index (χ0v) is 12.2. The number of aliphatic carboxylic acids is 1. The molecule has 1 unspecified atom stereocenters. The molecular formula is C14H15FN2O3S. The number of hydrogen-bond donors (Lipinski definition) is 2. The van der Waals surface area contributed by atoms with Gasteiger partial charge in [0.25, 0.3) is 0 Å². The van der Waals surface area contributed by atoms with E-state index >= 15 is 0 Å². The molecule has 0 heterocycles. The van der Waals surface area contributed by atoms with Gasteiger partial charge >= 0.3 is 5.97 Å². The molecule has 1 amide bonds. The fourth-order valence-corrected chi connectivity index (χ4v) is 2.64. The maximum absolute atomic E-state index is 13.2. The van der Waals surface area contributed by atoms with Gasteiger partial charge < -0.3 is 10.4 Å². The number of hydrogen-bond acceptors (Lipinski definition) is 4. The van der Waals surface area contributed by atoms with Gasteiger partial charge in [-0.3, -0.25) is 4.79 Å². The topological polar surface area (TPSA) is 90.2 Å². The molecule has 0 bridgehead atoms. The smallest absolute Gasteiger partial charge is 0.326 e. The van der Waals surface area contributed by atoms with E-state index in [1.807, 2.05) is 6.07 Å². The van der Waals surface area contributed by atoms with Crippen LogP contribution in [0.3, 0.4) is 0 Å². The number of thioether (sulfide) groups is 1. The quantitative estimate of drug-likeness (QED) is 0.751. The van der Waals surface area contributed by atoms with Crippen molar-refractivity contribution in [1.29, 1.82) is 5.26 Å². The Morgan fingerprint density at radius 2 is 2.19 bits per heavy atom. The van der Waals surface area contributed by atoms with Crippen molar-refractivity contribution in [2.75, 3.05) is 5.75 Å². The van der Waals surface area contributed by atoms with Gasteiger partial charge in [0.2, 0.25) is 5.91 Å². The van der Waals surface area contributed by atoms with E-state index in [0.29, 0.717) is 17.1 Å². The van der Waals surface area contributed by atoms with Crippen LogP contribution in [0.2, 0.25) is 0 Å². The lowest BCUT2D eigenvalue weighted by Gasteiger charge is -2.12. The summed E-state index contributed by atoms with van der Waals surface area (Å²) < 4.78 is 13.2. The first-order valence-corrected chi connectivity index (χ1v) is 7.35. The number of nitrogens with zero attached hydrogens (tertiary/aromatic N) is 1. The summed E-state index contributed by atoms with van der Waals surface area (Å²) in [5.74, 6) is -0.972. The fourth-order valence-electron chi connectivity index (χ4n) is 1.69. The molecule has 112 valence electrons. The second-order valence-corrected chi connectivity index (χ2v) is 5.50. The predicted molar refractivity (Wildman–Crippen MR) is 77.1 cm³/mol. The number of nitrogens with one attached hydrogen (secondary N) is 1. The van der Waals surface area contributed by atoms with Gasteiger partial charge in [0.15, 0.2) is 0 Å². The summed E-state index contributed by atoms with van der Waals surface area (Å²) in [6, 6.07) is 5.06. The first kappa shape index (κ1) is 17.0. The van der Waals surface area contributed by atoms with E-state index < -0.39 is 23.7 Å². The first-order valence-electron chi connectivity index (χ1n) is 6.19. The SMILES string of the molecule is CC(=O)NC(CCSCc1cc(F)cc(C#N)c1)C(=O)O. The van der Waals surface area contributed by atoms with Crippen LogP contribution in [0.4, 0.5) is 4.39 Å². The molecule has 0 fully saturated rings. The van der Waals surface area contributed by atoms with Gasteiger partial charge in [0.1, 0.15) is 11.9 Å². The predicted octanol–water partition coefficient (Wildman–Crippen LogP) is 1.91. The summed E-state index contributed by atoms with van der Waals surface area (Å²) in [6.07, 6.45) is 0.278. The van der Waals surface area contributed by atoms with Gasteiger partial charge in [0.05, 0.1) is 11.6 Å². The number of carboxylic acid groups (broad SMARTS) is 1. The fraction of sp³-hybridized carbons (Fsp3) is 0.357. The summed E-state index contributed by atoms with van der Waals surface area (Å²) in [4.78, 5) is 21.8. The number of carbonyl (C=O) groups is 2. The van der Waals surface area contributed by atoms with Crippen LogP contribution < -0.4 is 5.32 Å². The maximum atomic E-state index is 13.2. The molecule has 1 aromatic rings. The van der Waals surface area contributed by atoms with Crippen LogP contribution in [-0.2, 0) is 15.3 Å². The van der Waals surface area contributed by atoms with Crippen LogP contribution in [0.1, 0.15) is 24.5 Å². The van der Waals surface area contributed by atoms with Crippen molar-refractivity contribution in [2.45, 2.75) is 25.1 Å². The van der Waals surface area contributed by atoms with E-state index in [1.165, 1.54) is 24.8 Å². The Balaban J connectivity index is 2.46. The van der Waals surface area contributed by atoms with Crippen molar-refractivity contribution >= 4 is 23.6 Å². The zero-order valence-electron chi connectivity index (χ0n) is 11.4. The average Bonchev–Trinajstić information content (AvgIpc) is 2.40. The normalized spacial score (nSPS) is 11.5. The van der Waals surface area contributed by atoms with Crippen molar-refractivity contribution in [2.24, 2.45) is 0 Å². The number of rotatable bonds is 7. The maximum Gasteiger partial charge on any atom is 0.326 e. The van der Waals surface area contributed by atoms with Gasteiger partial charge in [-0.2, -0.15) is 17.0 Å². The lowest BCUT2D eigenvalue weighted by atomic mass is 10.1. The summed E-state index contributed by atoms with van der Waals surface area (Å²) in [5, 5.41) is 20.0. The van der Waals surface area contributed by atoms with E-state index in [0.717, 1.165) is 6.07 Å². The minimum Gasteiger partial charge on any atom is -0.480 e. The molecular weight excluding hydrogens is 295 g/mol. The highest BCUT2D eigenvalue weighted by Crippen LogP contribution is 2.17. The molecule has 0 radical (unpaired) electrons. The molecule has 21 heavy (non-hydrogen) atoms. The number of nitriles is 1. The van der Waals surface area contributed by atoms with Gasteiger partial charge in [-0.15, -0.1) is 0 Å². The van der Waals surface area contributed by atoms with Crippen molar-refractivity contribution in [3.05, 3.63) is 35.1 Å². The molecule has 0 aliphatic heterocycles. The van der Waals surface area contributed by atoms with Crippen molar-refractivity contribution in [3.8, 4) is 6.07 Å². The minimum absolute atomic E-state index is 0.257.